The third-order valence-electron chi connectivity index (χ3n) is 8.08. The van der Waals surface area contributed by atoms with E-state index in [1.807, 2.05) is 0 Å². The van der Waals surface area contributed by atoms with Gasteiger partial charge in [-0.1, -0.05) is 102 Å². The summed E-state index contributed by atoms with van der Waals surface area (Å²) in [6.07, 6.45) is 12.7. The molecule has 0 aliphatic carbocycles. The maximum Gasteiger partial charge on any atom is 2.00 e. The summed E-state index contributed by atoms with van der Waals surface area (Å²) in [5.74, 6) is -3.03. The Balaban J connectivity index is 0.00000104. The van der Waals surface area contributed by atoms with E-state index in [9.17, 15) is 45.1 Å². The monoisotopic (exact) mass is 838 g/mol. The van der Waals surface area contributed by atoms with Crippen LogP contribution in [0.4, 0.5) is 0 Å². The topological polar surface area (TPSA) is 220 Å². The van der Waals surface area contributed by atoms with Gasteiger partial charge in [-0.25, -0.2) is 36.0 Å². The molecule has 2 unspecified atom stereocenters. The van der Waals surface area contributed by atoms with Crippen LogP contribution in [-0.4, -0.2) is 124 Å². The molecule has 0 heterocycles. The summed E-state index contributed by atoms with van der Waals surface area (Å²) in [4.78, 5) is 48.8. The average molecular weight is 839 g/mol. The number of esters is 4. The molecule has 0 fully saturated rings. The van der Waals surface area contributed by atoms with E-state index < -0.39 is 67.8 Å². The number of carbonyl (C=O) groups is 4. The molecule has 17 heteroatoms. The molecular weight excluding hydrogens is 785 g/mol. The Hall–Kier alpha value is -2.60. The van der Waals surface area contributed by atoms with Gasteiger partial charge in [0.1, 0.15) is 33.5 Å². The van der Waals surface area contributed by atoms with Crippen molar-refractivity contribution < 1.29 is 64.1 Å². The molecule has 0 bridgehead atoms. The van der Waals surface area contributed by atoms with Crippen molar-refractivity contribution in [2.24, 2.45) is 0 Å². The average Bonchev–Trinajstić information content (AvgIpc) is 3.14. The first-order valence-corrected chi connectivity index (χ1v) is 21.2. The van der Waals surface area contributed by atoms with Gasteiger partial charge in [0, 0.05) is 0 Å². The fourth-order valence-corrected chi connectivity index (χ4v) is 5.11. The van der Waals surface area contributed by atoms with Crippen LogP contribution in [0.15, 0.2) is 48.5 Å². The molecule has 0 radical (unpaired) electrons. The SMILES string of the molecule is CCCCCCCCOC(=O)c1ccccc1C(=O)OCC(C)S(=O)(=O)[O-].CCCCCCCCOC(=O)c1ccccc1C(=O)OCC(C)S(=O)(=O)[O-].[Ca+2]. The summed E-state index contributed by atoms with van der Waals surface area (Å²) >= 11 is 0. The van der Waals surface area contributed by atoms with Crippen molar-refractivity contribution in [3.8, 4) is 0 Å². The second-order valence-corrected chi connectivity index (χ2v) is 16.3. The van der Waals surface area contributed by atoms with Crippen molar-refractivity contribution in [3.63, 3.8) is 0 Å². The minimum atomic E-state index is -4.55. The van der Waals surface area contributed by atoms with E-state index in [1.165, 1.54) is 49.9 Å². The van der Waals surface area contributed by atoms with Crippen molar-refractivity contribution in [1.29, 1.82) is 0 Å². The zero-order chi connectivity index (χ0) is 40.6. The Morgan fingerprint density at radius 3 is 1.02 bits per heavy atom. The van der Waals surface area contributed by atoms with Crippen LogP contribution in [0.5, 0.6) is 0 Å². The van der Waals surface area contributed by atoms with Crippen molar-refractivity contribution in [1.82, 2.24) is 0 Å². The summed E-state index contributed by atoms with van der Waals surface area (Å²) in [6, 6.07) is 11.9. The van der Waals surface area contributed by atoms with E-state index >= 15 is 0 Å². The fourth-order valence-electron chi connectivity index (χ4n) is 4.64. The summed E-state index contributed by atoms with van der Waals surface area (Å²) in [7, 11) is -9.10. The fraction of sp³-hybridized carbons (Fsp3) is 0.579. The molecule has 2 aromatic rings. The number of hydrogen-bond donors (Lipinski definition) is 0. The van der Waals surface area contributed by atoms with Gasteiger partial charge >= 0.3 is 61.6 Å². The third kappa shape index (κ3) is 22.1. The van der Waals surface area contributed by atoms with E-state index in [-0.39, 0.29) is 73.2 Å². The number of carbonyl (C=O) groups excluding carboxylic acids is 4. The van der Waals surface area contributed by atoms with Gasteiger partial charge in [-0.2, -0.15) is 0 Å². The van der Waals surface area contributed by atoms with E-state index in [0.717, 1.165) is 65.2 Å². The molecule has 2 atom stereocenters. The molecule has 0 aliphatic heterocycles. The molecule has 0 aliphatic rings. The van der Waals surface area contributed by atoms with Crippen LogP contribution in [0, 0.1) is 0 Å². The minimum Gasteiger partial charge on any atom is -0.748 e. The van der Waals surface area contributed by atoms with Crippen LogP contribution < -0.4 is 0 Å². The molecule has 2 aromatic carbocycles. The first-order valence-electron chi connectivity index (χ1n) is 18.3. The molecular formula is C38H54CaO14S2. The van der Waals surface area contributed by atoms with Gasteiger partial charge in [0.05, 0.1) is 46.0 Å². The van der Waals surface area contributed by atoms with Crippen LogP contribution in [-0.2, 0) is 39.2 Å². The maximum atomic E-state index is 12.2. The summed E-state index contributed by atoms with van der Waals surface area (Å²) in [6.45, 7) is 5.96. The molecule has 0 saturated carbocycles. The Morgan fingerprint density at radius 2 is 0.745 bits per heavy atom. The van der Waals surface area contributed by atoms with Crippen LogP contribution in [0.25, 0.3) is 0 Å². The first-order chi connectivity index (χ1) is 25.5. The van der Waals surface area contributed by atoms with Crippen molar-refractivity contribution in [2.45, 2.75) is 115 Å². The number of benzene rings is 2. The Bertz CT molecular complexity index is 1560. The molecule has 2 rings (SSSR count). The Morgan fingerprint density at radius 1 is 0.491 bits per heavy atom. The summed E-state index contributed by atoms with van der Waals surface area (Å²) in [5.41, 5.74) is 0.0409. The number of rotatable bonds is 24. The standard InChI is InChI=1S/2C19H28O7S.Ca/c2*1-3-4-5-6-7-10-13-25-18(20)16-11-8-9-12-17(16)19(21)26-14-15(2)27(22,23)24;/h2*8-9,11-12,15H,3-7,10,13-14H2,1-2H3,(H,22,23,24);/q;;+2/p-2. The quantitative estimate of drug-likeness (QED) is 0.0378. The molecule has 55 heavy (non-hydrogen) atoms. The Labute approximate surface area is 355 Å². The molecule has 0 N–H and O–H groups in total. The zero-order valence-electron chi connectivity index (χ0n) is 32.3. The van der Waals surface area contributed by atoms with Gasteiger partial charge in [-0.3, -0.25) is 0 Å². The van der Waals surface area contributed by atoms with E-state index in [4.69, 9.17) is 18.9 Å². The largest absolute Gasteiger partial charge is 2.00 e. The number of hydrogen-bond acceptors (Lipinski definition) is 14. The van der Waals surface area contributed by atoms with Crippen LogP contribution in [0.1, 0.15) is 146 Å². The second kappa shape index (κ2) is 28.7. The van der Waals surface area contributed by atoms with E-state index in [2.05, 4.69) is 13.8 Å². The van der Waals surface area contributed by atoms with Gasteiger partial charge < -0.3 is 28.1 Å². The predicted octanol–water partition coefficient (Wildman–Crippen LogP) is 6.21. The predicted molar refractivity (Wildman–Crippen MR) is 205 cm³/mol. The van der Waals surface area contributed by atoms with Crippen molar-refractivity contribution in [3.05, 3.63) is 70.8 Å². The van der Waals surface area contributed by atoms with Gasteiger partial charge in [-0.05, 0) is 51.0 Å². The van der Waals surface area contributed by atoms with E-state index in [0.29, 0.717) is 0 Å². The maximum absolute atomic E-state index is 12.2. The van der Waals surface area contributed by atoms with Crippen molar-refractivity contribution >= 4 is 81.9 Å². The van der Waals surface area contributed by atoms with Gasteiger partial charge in [0.15, 0.2) is 0 Å². The van der Waals surface area contributed by atoms with Crippen LogP contribution in [0.3, 0.4) is 0 Å². The summed E-state index contributed by atoms with van der Waals surface area (Å²) in [5, 5.41) is -2.73. The first kappa shape index (κ1) is 52.4. The minimum absolute atomic E-state index is 0. The molecule has 0 amide bonds. The molecule has 0 aromatic heterocycles. The smallest absolute Gasteiger partial charge is 0.748 e. The number of ether oxygens (including phenoxy) is 4. The molecule has 14 nitrogen and oxygen atoms in total. The molecule has 0 spiro atoms. The normalized spacial score (nSPS) is 12.2. The summed E-state index contributed by atoms with van der Waals surface area (Å²) < 4.78 is 85.3. The van der Waals surface area contributed by atoms with Gasteiger partial charge in [-0.15, -0.1) is 0 Å². The Kier molecular flexibility index (Phi) is 27.4. The van der Waals surface area contributed by atoms with Crippen LogP contribution >= 0.6 is 0 Å². The van der Waals surface area contributed by atoms with Gasteiger partial charge in [0.25, 0.3) is 0 Å². The molecule has 304 valence electrons. The number of unbranched alkanes of at least 4 members (excludes halogenated alkanes) is 10. The third-order valence-corrected chi connectivity index (χ3v) is 10.3. The second-order valence-electron chi connectivity index (χ2n) is 12.7. The van der Waals surface area contributed by atoms with E-state index in [1.54, 1.807) is 24.3 Å². The van der Waals surface area contributed by atoms with Crippen molar-refractivity contribution in [2.75, 3.05) is 26.4 Å². The zero-order valence-corrected chi connectivity index (χ0v) is 36.2. The van der Waals surface area contributed by atoms with Crippen LogP contribution in [0.2, 0.25) is 0 Å². The molecule has 0 saturated heterocycles. The van der Waals surface area contributed by atoms with Gasteiger partial charge in [0.2, 0.25) is 0 Å².